The van der Waals surface area contributed by atoms with Crippen LogP contribution >= 0.6 is 11.6 Å². The van der Waals surface area contributed by atoms with Crippen molar-refractivity contribution in [3.8, 4) is 0 Å². The number of hydrogen-bond donors (Lipinski definition) is 1. The Kier molecular flexibility index (Phi) is 5.20. The summed E-state index contributed by atoms with van der Waals surface area (Å²) in [6, 6.07) is 8.08. The Morgan fingerprint density at radius 3 is 2.65 bits per heavy atom. The predicted octanol–water partition coefficient (Wildman–Crippen LogP) is 4.69. The summed E-state index contributed by atoms with van der Waals surface area (Å²) in [6.07, 6.45) is 4.88. The fraction of sp³-hybridized carbons (Fsp3) is 0.526. The fourth-order valence-corrected chi connectivity index (χ4v) is 3.84. The molecular weight excluding hydrogens is 310 g/mol. The Bertz CT molecular complexity index is 680. The normalized spacial score (nSPS) is 23.1. The van der Waals surface area contributed by atoms with Crippen LogP contribution in [0.5, 0.6) is 0 Å². The maximum Gasteiger partial charge on any atom is 0.132 e. The lowest BCUT2D eigenvalue weighted by molar-refractivity contribution is 0.0186. The van der Waals surface area contributed by atoms with E-state index in [4.69, 9.17) is 16.3 Å². The third kappa shape index (κ3) is 3.52. The van der Waals surface area contributed by atoms with Crippen molar-refractivity contribution < 1.29 is 9.84 Å². The summed E-state index contributed by atoms with van der Waals surface area (Å²) in [5.74, 6) is 0.310. The highest BCUT2D eigenvalue weighted by Crippen LogP contribution is 2.36. The number of methoxy groups -OCH3 is 1. The summed E-state index contributed by atoms with van der Waals surface area (Å²) in [7, 11) is 1.77. The van der Waals surface area contributed by atoms with Gasteiger partial charge >= 0.3 is 0 Å². The largest absolute Gasteiger partial charge is 0.388 e. The summed E-state index contributed by atoms with van der Waals surface area (Å²) < 4.78 is 5.42. The number of hydrogen-bond acceptors (Lipinski definition) is 3. The van der Waals surface area contributed by atoms with Gasteiger partial charge in [-0.3, -0.25) is 0 Å². The monoisotopic (exact) mass is 333 g/mol. The lowest BCUT2D eigenvalue weighted by Crippen LogP contribution is -2.24. The van der Waals surface area contributed by atoms with E-state index in [2.05, 4.69) is 24.0 Å². The van der Waals surface area contributed by atoms with Crippen molar-refractivity contribution in [2.45, 2.75) is 51.2 Å². The van der Waals surface area contributed by atoms with Crippen LogP contribution in [0.1, 0.15) is 49.8 Å². The molecule has 1 unspecified atom stereocenters. The number of halogens is 1. The zero-order valence-corrected chi connectivity index (χ0v) is 14.5. The average molecular weight is 334 g/mol. The molecule has 4 heteroatoms. The molecule has 3 nitrogen and oxygen atoms in total. The van der Waals surface area contributed by atoms with Gasteiger partial charge in [0.1, 0.15) is 5.15 Å². The van der Waals surface area contributed by atoms with Crippen LogP contribution in [0, 0.1) is 5.92 Å². The molecule has 1 aliphatic rings. The molecule has 2 aromatic rings. The van der Waals surface area contributed by atoms with E-state index in [-0.39, 0.29) is 0 Å². The van der Waals surface area contributed by atoms with Gasteiger partial charge in [0.25, 0.3) is 0 Å². The zero-order valence-electron chi connectivity index (χ0n) is 13.8. The van der Waals surface area contributed by atoms with Crippen molar-refractivity contribution in [2.24, 2.45) is 5.92 Å². The predicted molar refractivity (Wildman–Crippen MR) is 93.8 cm³/mol. The van der Waals surface area contributed by atoms with Crippen LogP contribution in [0.4, 0.5) is 0 Å². The number of nitrogens with zero attached hydrogens (tertiary/aromatic N) is 1. The highest BCUT2D eigenvalue weighted by molar-refractivity contribution is 6.30. The summed E-state index contributed by atoms with van der Waals surface area (Å²) in [6.45, 7) is 2.07. The van der Waals surface area contributed by atoms with Crippen molar-refractivity contribution in [1.29, 1.82) is 0 Å². The minimum Gasteiger partial charge on any atom is -0.388 e. The van der Waals surface area contributed by atoms with Crippen molar-refractivity contribution in [2.75, 3.05) is 7.11 Å². The summed E-state index contributed by atoms with van der Waals surface area (Å²) in [5.41, 5.74) is 2.90. The number of benzene rings is 1. The van der Waals surface area contributed by atoms with Crippen LogP contribution in [0.2, 0.25) is 5.15 Å². The van der Waals surface area contributed by atoms with E-state index >= 15 is 0 Å². The first-order valence-corrected chi connectivity index (χ1v) is 8.80. The highest BCUT2D eigenvalue weighted by atomic mass is 35.5. The highest BCUT2D eigenvalue weighted by Gasteiger charge is 2.27. The number of aliphatic hydroxyl groups excluding tert-OH is 1. The number of pyridine rings is 1. The van der Waals surface area contributed by atoms with Crippen LogP contribution in [0.15, 0.2) is 24.3 Å². The number of ether oxygens (including phenoxy) is 1. The van der Waals surface area contributed by atoms with Gasteiger partial charge in [-0.25, -0.2) is 4.98 Å². The number of aliphatic hydroxyl groups is 1. The van der Waals surface area contributed by atoms with Gasteiger partial charge in [0, 0.05) is 12.5 Å². The molecule has 0 radical (unpaired) electrons. The SMILES string of the molecule is CCc1cc2cc(C(O)C3CCC(OC)CC3)ccc2nc1Cl. The first-order chi connectivity index (χ1) is 11.1. The smallest absolute Gasteiger partial charge is 0.132 e. The van der Waals surface area contributed by atoms with Gasteiger partial charge in [0.2, 0.25) is 0 Å². The molecule has 0 bridgehead atoms. The number of fused-ring (bicyclic) bond motifs is 1. The fourth-order valence-electron chi connectivity index (χ4n) is 3.56. The summed E-state index contributed by atoms with van der Waals surface area (Å²) in [4.78, 5) is 4.45. The van der Waals surface area contributed by atoms with E-state index in [0.717, 1.165) is 54.1 Å². The summed E-state index contributed by atoms with van der Waals surface area (Å²) >= 11 is 6.18. The van der Waals surface area contributed by atoms with E-state index in [0.29, 0.717) is 17.2 Å². The maximum atomic E-state index is 10.8. The zero-order chi connectivity index (χ0) is 16.4. The van der Waals surface area contributed by atoms with Crippen molar-refractivity contribution in [3.05, 3.63) is 40.5 Å². The molecule has 1 saturated carbocycles. The molecular formula is C19H24ClNO2. The van der Waals surface area contributed by atoms with Crippen LogP contribution in [0.25, 0.3) is 10.9 Å². The first kappa shape index (κ1) is 16.7. The van der Waals surface area contributed by atoms with Crippen molar-refractivity contribution in [1.82, 2.24) is 4.98 Å². The molecule has 1 N–H and O–H groups in total. The lowest BCUT2D eigenvalue weighted by Gasteiger charge is -2.31. The Labute approximate surface area is 142 Å². The quantitative estimate of drug-likeness (QED) is 0.825. The third-order valence-corrected chi connectivity index (χ3v) is 5.41. The minimum absolute atomic E-state index is 0.310. The molecule has 0 amide bonds. The molecule has 124 valence electrons. The van der Waals surface area contributed by atoms with Crippen LogP contribution in [-0.4, -0.2) is 23.3 Å². The van der Waals surface area contributed by atoms with Gasteiger partial charge in [0.15, 0.2) is 0 Å². The van der Waals surface area contributed by atoms with Gasteiger partial charge < -0.3 is 9.84 Å². The van der Waals surface area contributed by atoms with Gasteiger partial charge in [-0.05, 0) is 67.3 Å². The van der Waals surface area contributed by atoms with Gasteiger partial charge in [-0.15, -0.1) is 0 Å². The number of rotatable bonds is 4. The number of aryl methyl sites for hydroxylation is 1. The Hall–Kier alpha value is -1.16. The topological polar surface area (TPSA) is 42.4 Å². The first-order valence-electron chi connectivity index (χ1n) is 8.42. The second-order valence-corrected chi connectivity index (χ2v) is 6.82. The second kappa shape index (κ2) is 7.16. The molecule has 0 spiro atoms. The molecule has 23 heavy (non-hydrogen) atoms. The van der Waals surface area contributed by atoms with Gasteiger partial charge in [-0.2, -0.15) is 0 Å². The molecule has 1 heterocycles. The second-order valence-electron chi connectivity index (χ2n) is 6.46. The molecule has 0 saturated heterocycles. The molecule has 1 aromatic heterocycles. The molecule has 0 aliphatic heterocycles. The standard InChI is InChI=1S/C19H24ClNO2/c1-3-12-10-15-11-14(6-9-17(15)21-19(12)20)18(22)13-4-7-16(23-2)8-5-13/h6,9-11,13,16,18,22H,3-5,7-8H2,1-2H3. The lowest BCUT2D eigenvalue weighted by atomic mass is 9.81. The molecule has 1 aromatic carbocycles. The third-order valence-electron chi connectivity index (χ3n) is 5.09. The van der Waals surface area contributed by atoms with Crippen molar-refractivity contribution in [3.63, 3.8) is 0 Å². The van der Waals surface area contributed by atoms with Crippen LogP contribution in [0.3, 0.4) is 0 Å². The average Bonchev–Trinajstić information content (AvgIpc) is 2.60. The van der Waals surface area contributed by atoms with E-state index < -0.39 is 6.10 Å². The van der Waals surface area contributed by atoms with Crippen LogP contribution < -0.4 is 0 Å². The molecule has 1 aliphatic carbocycles. The van der Waals surface area contributed by atoms with Crippen LogP contribution in [-0.2, 0) is 11.2 Å². The van der Waals surface area contributed by atoms with E-state index in [9.17, 15) is 5.11 Å². The molecule has 3 rings (SSSR count). The van der Waals surface area contributed by atoms with Gasteiger partial charge in [0.05, 0.1) is 17.7 Å². The molecule has 1 atom stereocenters. The van der Waals surface area contributed by atoms with Gasteiger partial charge in [-0.1, -0.05) is 24.6 Å². The summed E-state index contributed by atoms with van der Waals surface area (Å²) in [5, 5.41) is 12.4. The van der Waals surface area contributed by atoms with E-state index in [1.807, 2.05) is 12.1 Å². The number of aromatic nitrogens is 1. The van der Waals surface area contributed by atoms with E-state index in [1.54, 1.807) is 7.11 Å². The van der Waals surface area contributed by atoms with Crippen molar-refractivity contribution >= 4 is 22.5 Å². The Morgan fingerprint density at radius 2 is 2.00 bits per heavy atom. The van der Waals surface area contributed by atoms with E-state index in [1.165, 1.54) is 0 Å². The Balaban J connectivity index is 1.83. The maximum absolute atomic E-state index is 10.8. The minimum atomic E-state index is -0.419. The molecule has 1 fully saturated rings. The Morgan fingerprint density at radius 1 is 1.26 bits per heavy atom.